The van der Waals surface area contributed by atoms with Gasteiger partial charge in [-0.1, -0.05) is 18.2 Å². The monoisotopic (exact) mass is 381 g/mol. The van der Waals surface area contributed by atoms with Gasteiger partial charge in [-0.05, 0) is 59.8 Å². The van der Waals surface area contributed by atoms with Gasteiger partial charge in [-0.25, -0.2) is 0 Å². The van der Waals surface area contributed by atoms with Gasteiger partial charge in [0.1, 0.15) is 5.75 Å². The first kappa shape index (κ1) is 14.8. The summed E-state index contributed by atoms with van der Waals surface area (Å²) in [7, 11) is 1.63. The van der Waals surface area contributed by atoms with Crippen molar-refractivity contribution in [1.82, 2.24) is 5.32 Å². The third-order valence-electron chi connectivity index (χ3n) is 3.06. The summed E-state index contributed by atoms with van der Waals surface area (Å²) in [5, 5.41) is 2.99. The molecule has 0 aliphatic rings. The van der Waals surface area contributed by atoms with E-state index in [9.17, 15) is 4.79 Å². The molecule has 0 radical (unpaired) electrons. The molecule has 3 nitrogen and oxygen atoms in total. The van der Waals surface area contributed by atoms with Crippen LogP contribution in [0.2, 0.25) is 0 Å². The third kappa shape index (κ3) is 3.50. The SMILES string of the molecule is COc1ccccc1[C@H](C)NC(=O)c1ccc(I)cc1. The van der Waals surface area contributed by atoms with Gasteiger partial charge in [-0.15, -0.1) is 0 Å². The van der Waals surface area contributed by atoms with Crippen LogP contribution in [0.15, 0.2) is 48.5 Å². The fraction of sp³-hybridized carbons (Fsp3) is 0.188. The highest BCUT2D eigenvalue weighted by atomic mass is 127. The Morgan fingerprint density at radius 1 is 1.15 bits per heavy atom. The van der Waals surface area contributed by atoms with Crippen molar-refractivity contribution in [2.75, 3.05) is 7.11 Å². The molecule has 2 aromatic carbocycles. The molecule has 0 saturated carbocycles. The molecule has 0 unspecified atom stereocenters. The van der Waals surface area contributed by atoms with E-state index in [0.29, 0.717) is 5.56 Å². The highest BCUT2D eigenvalue weighted by molar-refractivity contribution is 14.1. The first-order chi connectivity index (χ1) is 9.61. The van der Waals surface area contributed by atoms with Crippen molar-refractivity contribution in [3.05, 3.63) is 63.2 Å². The van der Waals surface area contributed by atoms with Gasteiger partial charge < -0.3 is 10.1 Å². The second-order valence-corrected chi connectivity index (χ2v) is 5.69. The van der Waals surface area contributed by atoms with E-state index in [1.807, 2.05) is 55.5 Å². The summed E-state index contributed by atoms with van der Waals surface area (Å²) >= 11 is 2.22. The van der Waals surface area contributed by atoms with Crippen molar-refractivity contribution >= 4 is 28.5 Å². The van der Waals surface area contributed by atoms with Crippen molar-refractivity contribution in [1.29, 1.82) is 0 Å². The Morgan fingerprint density at radius 3 is 2.45 bits per heavy atom. The molecule has 0 spiro atoms. The molecule has 0 aliphatic carbocycles. The number of nitrogens with one attached hydrogen (secondary N) is 1. The lowest BCUT2D eigenvalue weighted by Gasteiger charge is -2.17. The Hall–Kier alpha value is -1.56. The zero-order valence-corrected chi connectivity index (χ0v) is 13.5. The molecule has 2 aromatic rings. The van der Waals surface area contributed by atoms with Gasteiger partial charge in [0.15, 0.2) is 0 Å². The zero-order valence-electron chi connectivity index (χ0n) is 11.4. The number of hydrogen-bond donors (Lipinski definition) is 1. The topological polar surface area (TPSA) is 38.3 Å². The van der Waals surface area contributed by atoms with E-state index in [1.165, 1.54) is 0 Å². The van der Waals surface area contributed by atoms with E-state index in [-0.39, 0.29) is 11.9 Å². The number of benzene rings is 2. The number of amides is 1. The van der Waals surface area contributed by atoms with Gasteiger partial charge in [0.2, 0.25) is 0 Å². The van der Waals surface area contributed by atoms with Crippen LogP contribution in [0.4, 0.5) is 0 Å². The minimum absolute atomic E-state index is 0.0835. The third-order valence-corrected chi connectivity index (χ3v) is 3.78. The number of methoxy groups -OCH3 is 1. The summed E-state index contributed by atoms with van der Waals surface area (Å²) < 4.78 is 6.43. The molecule has 1 amide bonds. The van der Waals surface area contributed by atoms with E-state index < -0.39 is 0 Å². The highest BCUT2D eigenvalue weighted by Gasteiger charge is 2.14. The molecule has 20 heavy (non-hydrogen) atoms. The molecule has 1 N–H and O–H groups in total. The average molecular weight is 381 g/mol. The number of carbonyl (C=O) groups is 1. The van der Waals surface area contributed by atoms with Crippen molar-refractivity contribution in [2.45, 2.75) is 13.0 Å². The highest BCUT2D eigenvalue weighted by Crippen LogP contribution is 2.24. The zero-order chi connectivity index (χ0) is 14.5. The summed E-state index contributed by atoms with van der Waals surface area (Å²) in [4.78, 5) is 12.2. The van der Waals surface area contributed by atoms with Crippen LogP contribution in [-0.2, 0) is 0 Å². The number of para-hydroxylation sites is 1. The standard InChI is InChI=1S/C16H16INO2/c1-11(14-5-3-4-6-15(14)20-2)18-16(19)12-7-9-13(17)10-8-12/h3-11H,1-2H3,(H,18,19)/t11-/m0/s1. The van der Waals surface area contributed by atoms with E-state index in [1.54, 1.807) is 7.11 Å². The van der Waals surface area contributed by atoms with Crippen LogP contribution in [0.3, 0.4) is 0 Å². The van der Waals surface area contributed by atoms with Gasteiger partial charge in [0.05, 0.1) is 13.2 Å². The van der Waals surface area contributed by atoms with E-state index in [2.05, 4.69) is 27.9 Å². The Balaban J connectivity index is 2.13. The van der Waals surface area contributed by atoms with E-state index in [0.717, 1.165) is 14.9 Å². The van der Waals surface area contributed by atoms with Crippen LogP contribution in [0.5, 0.6) is 5.75 Å². The van der Waals surface area contributed by atoms with Gasteiger partial charge >= 0.3 is 0 Å². The lowest BCUT2D eigenvalue weighted by Crippen LogP contribution is -2.26. The largest absolute Gasteiger partial charge is 0.496 e. The second kappa shape index (κ2) is 6.74. The minimum atomic E-state index is -0.113. The summed E-state index contributed by atoms with van der Waals surface area (Å²) in [6.45, 7) is 1.95. The summed E-state index contributed by atoms with van der Waals surface area (Å²) in [6, 6.07) is 15.1. The lowest BCUT2D eigenvalue weighted by molar-refractivity contribution is 0.0939. The molecule has 1 atom stereocenters. The molecule has 2 rings (SSSR count). The average Bonchev–Trinajstić information content (AvgIpc) is 2.47. The maximum Gasteiger partial charge on any atom is 0.251 e. The van der Waals surface area contributed by atoms with Gasteiger partial charge in [-0.3, -0.25) is 4.79 Å². The Kier molecular flexibility index (Phi) is 5.00. The Bertz CT molecular complexity index is 596. The molecule has 0 fully saturated rings. The Morgan fingerprint density at radius 2 is 1.80 bits per heavy atom. The normalized spacial score (nSPS) is 11.8. The molecular weight excluding hydrogens is 365 g/mol. The fourth-order valence-electron chi connectivity index (χ4n) is 1.98. The molecular formula is C16H16INO2. The molecule has 0 heterocycles. The van der Waals surface area contributed by atoms with Crippen LogP contribution in [0.1, 0.15) is 28.9 Å². The van der Waals surface area contributed by atoms with Crippen molar-refractivity contribution in [3.8, 4) is 5.75 Å². The van der Waals surface area contributed by atoms with Crippen molar-refractivity contribution in [2.24, 2.45) is 0 Å². The number of carbonyl (C=O) groups excluding carboxylic acids is 1. The molecule has 0 saturated heterocycles. The predicted octanol–water partition coefficient (Wildman–Crippen LogP) is 3.79. The van der Waals surface area contributed by atoms with Gasteiger partial charge in [0, 0.05) is 14.7 Å². The van der Waals surface area contributed by atoms with Crippen LogP contribution in [-0.4, -0.2) is 13.0 Å². The van der Waals surface area contributed by atoms with E-state index in [4.69, 9.17) is 4.74 Å². The fourth-order valence-corrected chi connectivity index (χ4v) is 2.34. The number of rotatable bonds is 4. The summed E-state index contributed by atoms with van der Waals surface area (Å²) in [5.74, 6) is 0.697. The van der Waals surface area contributed by atoms with Crippen molar-refractivity contribution in [3.63, 3.8) is 0 Å². The maximum atomic E-state index is 12.2. The van der Waals surface area contributed by atoms with Crippen LogP contribution >= 0.6 is 22.6 Å². The quantitative estimate of drug-likeness (QED) is 0.819. The maximum absolute atomic E-state index is 12.2. The predicted molar refractivity (Wildman–Crippen MR) is 88.0 cm³/mol. The van der Waals surface area contributed by atoms with Crippen LogP contribution in [0, 0.1) is 3.57 Å². The van der Waals surface area contributed by atoms with E-state index >= 15 is 0 Å². The first-order valence-corrected chi connectivity index (χ1v) is 7.39. The summed E-state index contributed by atoms with van der Waals surface area (Å²) in [5.41, 5.74) is 1.63. The first-order valence-electron chi connectivity index (χ1n) is 6.31. The van der Waals surface area contributed by atoms with Gasteiger partial charge in [-0.2, -0.15) is 0 Å². The number of halogens is 1. The van der Waals surface area contributed by atoms with Gasteiger partial charge in [0.25, 0.3) is 5.91 Å². The summed E-state index contributed by atoms with van der Waals surface area (Å²) in [6.07, 6.45) is 0. The smallest absolute Gasteiger partial charge is 0.251 e. The lowest BCUT2D eigenvalue weighted by atomic mass is 10.1. The molecule has 4 heteroatoms. The molecule has 0 bridgehead atoms. The van der Waals surface area contributed by atoms with Crippen molar-refractivity contribution < 1.29 is 9.53 Å². The molecule has 0 aliphatic heterocycles. The van der Waals surface area contributed by atoms with Crippen LogP contribution < -0.4 is 10.1 Å². The second-order valence-electron chi connectivity index (χ2n) is 4.44. The molecule has 0 aromatic heterocycles. The number of ether oxygens (including phenoxy) is 1. The Labute approximate surface area is 132 Å². The molecule has 104 valence electrons. The van der Waals surface area contributed by atoms with Crippen LogP contribution in [0.25, 0.3) is 0 Å². The number of hydrogen-bond acceptors (Lipinski definition) is 2. The minimum Gasteiger partial charge on any atom is -0.496 e.